The molecule has 0 aliphatic carbocycles. The third-order valence-electron chi connectivity index (χ3n) is 2.57. The zero-order valence-electron chi connectivity index (χ0n) is 11.3. The fourth-order valence-electron chi connectivity index (χ4n) is 1.70. The van der Waals surface area contributed by atoms with E-state index < -0.39 is 21.5 Å². The summed E-state index contributed by atoms with van der Waals surface area (Å²) < 4.78 is 37.0. The number of esters is 1. The maximum absolute atomic E-state index is 12.1. The highest BCUT2D eigenvalue weighted by Crippen LogP contribution is 2.23. The maximum atomic E-state index is 12.1. The van der Waals surface area contributed by atoms with Crippen molar-refractivity contribution in [2.24, 2.45) is 0 Å². The third-order valence-corrected chi connectivity index (χ3v) is 3.64. The molecule has 1 atom stereocenters. The second-order valence-corrected chi connectivity index (χ2v) is 6.17. The number of halogens is 1. The van der Waals surface area contributed by atoms with Crippen molar-refractivity contribution in [2.45, 2.75) is 12.4 Å². The van der Waals surface area contributed by atoms with Crippen LogP contribution < -0.4 is 0 Å². The number of aromatic nitrogens is 2. The summed E-state index contributed by atoms with van der Waals surface area (Å²) >= 11 is 5.74. The van der Waals surface area contributed by atoms with Crippen LogP contribution in [-0.2, 0) is 14.9 Å². The minimum Gasteiger partial charge on any atom is -0.433 e. The Kier molecular flexibility index (Phi) is 4.74. The molecule has 0 saturated carbocycles. The molecule has 9 heteroatoms. The molecule has 116 valence electrons. The van der Waals surface area contributed by atoms with E-state index in [0.717, 1.165) is 0 Å². The van der Waals surface area contributed by atoms with Gasteiger partial charge in [0.05, 0.1) is 11.3 Å². The molecule has 2 heterocycles. The molecule has 2 aromatic rings. The summed E-state index contributed by atoms with van der Waals surface area (Å²) in [5, 5.41) is 0.0631. The van der Waals surface area contributed by atoms with Gasteiger partial charge in [-0.25, -0.2) is 9.78 Å². The molecular formula is C13H11ClN2O5S. The van der Waals surface area contributed by atoms with E-state index in [1.165, 1.54) is 30.5 Å². The zero-order valence-corrected chi connectivity index (χ0v) is 12.9. The average molecular weight is 343 g/mol. The number of rotatable bonds is 4. The van der Waals surface area contributed by atoms with Crippen LogP contribution in [0.5, 0.6) is 0 Å². The van der Waals surface area contributed by atoms with Crippen LogP contribution in [-0.4, -0.2) is 28.9 Å². The monoisotopic (exact) mass is 342 g/mol. The number of ether oxygens (including phenoxy) is 1. The first-order chi connectivity index (χ1) is 10.3. The van der Waals surface area contributed by atoms with Crippen molar-refractivity contribution in [1.29, 1.82) is 0 Å². The lowest BCUT2D eigenvalue weighted by Gasteiger charge is -2.14. The van der Waals surface area contributed by atoms with Crippen LogP contribution in [0, 0.1) is 6.92 Å². The van der Waals surface area contributed by atoms with Gasteiger partial charge >= 0.3 is 16.1 Å². The van der Waals surface area contributed by atoms with Crippen molar-refractivity contribution in [2.75, 3.05) is 0 Å². The summed E-state index contributed by atoms with van der Waals surface area (Å²) in [6.07, 6.45) is 1.31. The highest BCUT2D eigenvalue weighted by molar-refractivity contribution is 7.85. The number of carbonyl (C=O) groups excluding carboxylic acids is 1. The Morgan fingerprint density at radius 3 is 2.64 bits per heavy atom. The van der Waals surface area contributed by atoms with Gasteiger partial charge in [-0.05, 0) is 31.2 Å². The molecule has 2 rings (SSSR count). The Balaban J connectivity index is 2.34. The molecule has 0 fully saturated rings. The predicted molar refractivity (Wildman–Crippen MR) is 77.9 cm³/mol. The van der Waals surface area contributed by atoms with Gasteiger partial charge in [-0.3, -0.25) is 9.54 Å². The topological polar surface area (TPSA) is 106 Å². The van der Waals surface area contributed by atoms with Crippen molar-refractivity contribution in [3.8, 4) is 0 Å². The predicted octanol–water partition coefficient (Wildman–Crippen LogP) is 2.18. The van der Waals surface area contributed by atoms with Gasteiger partial charge in [-0.1, -0.05) is 17.7 Å². The van der Waals surface area contributed by atoms with Crippen LogP contribution in [0.15, 0.2) is 36.5 Å². The molecule has 2 aromatic heterocycles. The number of nitrogens with zero attached hydrogens (tertiary/aromatic N) is 2. The molecule has 0 spiro atoms. The smallest absolute Gasteiger partial charge is 0.340 e. The quantitative estimate of drug-likeness (QED) is 0.515. The Bertz CT molecular complexity index is 775. The highest BCUT2D eigenvalue weighted by atomic mass is 35.5. The van der Waals surface area contributed by atoms with Crippen molar-refractivity contribution < 1.29 is 22.5 Å². The molecule has 7 nitrogen and oxygen atoms in total. The van der Waals surface area contributed by atoms with Crippen molar-refractivity contribution in [3.63, 3.8) is 0 Å². The van der Waals surface area contributed by atoms with Gasteiger partial charge in [0.2, 0.25) is 0 Å². The normalized spacial score (nSPS) is 12.7. The Hall–Kier alpha value is -2.03. The van der Waals surface area contributed by atoms with Crippen LogP contribution >= 0.6 is 11.6 Å². The summed E-state index contributed by atoms with van der Waals surface area (Å²) in [6.45, 7) is 1.61. The molecule has 1 N–H and O–H groups in total. The fourth-order valence-corrected chi connectivity index (χ4v) is 2.60. The molecule has 0 aliphatic rings. The number of aryl methyl sites for hydroxylation is 1. The van der Waals surface area contributed by atoms with Crippen molar-refractivity contribution >= 4 is 27.7 Å². The molecule has 1 unspecified atom stereocenters. The second kappa shape index (κ2) is 6.39. The van der Waals surface area contributed by atoms with E-state index in [4.69, 9.17) is 16.3 Å². The molecular weight excluding hydrogens is 332 g/mol. The molecule has 0 aliphatic heterocycles. The number of carbonyl (C=O) groups is 1. The molecule has 0 radical (unpaired) electrons. The van der Waals surface area contributed by atoms with Crippen LogP contribution in [0.25, 0.3) is 0 Å². The zero-order chi connectivity index (χ0) is 16.3. The average Bonchev–Trinajstić information content (AvgIpc) is 2.43. The molecule has 0 bridgehead atoms. The van der Waals surface area contributed by atoms with E-state index in [9.17, 15) is 17.8 Å². The summed E-state index contributed by atoms with van der Waals surface area (Å²) in [5.74, 6) is -0.972. The lowest BCUT2D eigenvalue weighted by molar-refractivity contribution is 0.0421. The maximum Gasteiger partial charge on any atom is 0.340 e. The second-order valence-electron chi connectivity index (χ2n) is 4.33. The van der Waals surface area contributed by atoms with E-state index in [1.54, 1.807) is 13.0 Å². The van der Waals surface area contributed by atoms with Gasteiger partial charge in [0.25, 0.3) is 5.44 Å². The standard InChI is InChI=1S/C13H11ClN2O5S/c1-8-6-9(7-11(14)16-8)12(17)21-13(22(18,19)20)10-4-2-3-5-15-10/h2-7,13H,1H3,(H,18,19,20). The lowest BCUT2D eigenvalue weighted by Crippen LogP contribution is -2.20. The molecule has 0 saturated heterocycles. The van der Waals surface area contributed by atoms with E-state index in [1.807, 2.05) is 0 Å². The number of pyridine rings is 2. The lowest BCUT2D eigenvalue weighted by atomic mass is 10.2. The van der Waals surface area contributed by atoms with Crippen molar-refractivity contribution in [3.05, 3.63) is 58.6 Å². The third kappa shape index (κ3) is 4.00. The summed E-state index contributed by atoms with van der Waals surface area (Å²) in [4.78, 5) is 19.7. The van der Waals surface area contributed by atoms with Crippen LogP contribution in [0.2, 0.25) is 5.15 Å². The van der Waals surface area contributed by atoms with Gasteiger partial charge in [-0.15, -0.1) is 0 Å². The van der Waals surface area contributed by atoms with E-state index in [-0.39, 0.29) is 16.4 Å². The summed E-state index contributed by atoms with van der Waals surface area (Å²) in [7, 11) is -4.70. The minimum atomic E-state index is -4.70. The van der Waals surface area contributed by atoms with Crippen LogP contribution in [0.3, 0.4) is 0 Å². The van der Waals surface area contributed by atoms with Gasteiger partial charge in [0.15, 0.2) is 0 Å². The summed E-state index contributed by atoms with van der Waals surface area (Å²) in [6, 6.07) is 6.99. The van der Waals surface area contributed by atoms with Crippen LogP contribution in [0.1, 0.15) is 27.2 Å². The molecule has 0 amide bonds. The number of hydrogen-bond acceptors (Lipinski definition) is 6. The summed E-state index contributed by atoms with van der Waals surface area (Å²) in [5.41, 5.74) is -1.56. The van der Waals surface area contributed by atoms with Gasteiger partial charge < -0.3 is 4.74 Å². The van der Waals surface area contributed by atoms with Gasteiger partial charge in [0, 0.05) is 11.9 Å². The van der Waals surface area contributed by atoms with Crippen LogP contribution in [0.4, 0.5) is 0 Å². The van der Waals surface area contributed by atoms with E-state index in [2.05, 4.69) is 9.97 Å². The Morgan fingerprint density at radius 2 is 2.09 bits per heavy atom. The van der Waals surface area contributed by atoms with Crippen molar-refractivity contribution in [1.82, 2.24) is 9.97 Å². The SMILES string of the molecule is Cc1cc(C(=O)OC(c2ccccn2)S(=O)(=O)O)cc(Cl)n1. The van der Waals surface area contributed by atoms with E-state index in [0.29, 0.717) is 5.69 Å². The first-order valence-corrected chi connectivity index (χ1v) is 7.88. The first-order valence-electron chi connectivity index (χ1n) is 6.00. The van der Waals surface area contributed by atoms with Gasteiger partial charge in [-0.2, -0.15) is 8.42 Å². The number of hydrogen-bond donors (Lipinski definition) is 1. The molecule has 22 heavy (non-hydrogen) atoms. The van der Waals surface area contributed by atoms with E-state index >= 15 is 0 Å². The minimum absolute atomic E-state index is 0.0158. The molecule has 0 aromatic carbocycles. The van der Waals surface area contributed by atoms with Gasteiger partial charge in [0.1, 0.15) is 5.15 Å². The fraction of sp³-hybridized carbons (Fsp3) is 0.154. The Morgan fingerprint density at radius 1 is 1.36 bits per heavy atom. The Labute approximate surface area is 131 Å². The first kappa shape index (κ1) is 16.3. The largest absolute Gasteiger partial charge is 0.433 e. The highest BCUT2D eigenvalue weighted by Gasteiger charge is 2.31.